The van der Waals surface area contributed by atoms with E-state index in [1.807, 2.05) is 0 Å². The summed E-state index contributed by atoms with van der Waals surface area (Å²) in [5.41, 5.74) is 0.948. The van der Waals surface area contributed by atoms with Crippen molar-refractivity contribution < 1.29 is 14.7 Å². The smallest absolute Gasteiger partial charge is 0.257 e. The number of allylic oxidation sites excluding steroid dienone is 1. The molecular formula is C12H17NO3. The first-order valence-electron chi connectivity index (χ1n) is 5.31. The second kappa shape index (κ2) is 5.07. The van der Waals surface area contributed by atoms with Crippen LogP contribution >= 0.6 is 0 Å². The molecule has 2 amide bonds. The third kappa shape index (κ3) is 2.07. The van der Waals surface area contributed by atoms with Gasteiger partial charge in [-0.25, -0.2) is 0 Å². The maximum atomic E-state index is 11.8. The van der Waals surface area contributed by atoms with Crippen LogP contribution in [0.25, 0.3) is 0 Å². The zero-order valence-electron chi connectivity index (χ0n) is 9.69. The number of hydrogen-bond acceptors (Lipinski definition) is 3. The Balaban J connectivity index is 2.85. The average Bonchev–Trinajstić information content (AvgIpc) is 2.47. The van der Waals surface area contributed by atoms with Crippen molar-refractivity contribution in [2.75, 3.05) is 6.61 Å². The molecule has 0 aromatic carbocycles. The number of nitrogens with zero attached hydrogens (tertiary/aromatic N) is 1. The number of hydrogen-bond donors (Lipinski definition) is 1. The van der Waals surface area contributed by atoms with Crippen LogP contribution in [0.4, 0.5) is 0 Å². The molecule has 4 heteroatoms. The highest BCUT2D eigenvalue weighted by molar-refractivity contribution is 6.18. The SMILES string of the molecule is C=CCCC(CO)N1C(=O)C(C)=C(C)C1=O. The van der Waals surface area contributed by atoms with Crippen LogP contribution in [0.3, 0.4) is 0 Å². The zero-order chi connectivity index (χ0) is 12.3. The van der Waals surface area contributed by atoms with Gasteiger partial charge in [0, 0.05) is 11.1 Å². The lowest BCUT2D eigenvalue weighted by Crippen LogP contribution is -2.43. The monoisotopic (exact) mass is 223 g/mol. The van der Waals surface area contributed by atoms with Crippen molar-refractivity contribution in [3.8, 4) is 0 Å². The number of aliphatic hydroxyl groups excluding tert-OH is 1. The molecular weight excluding hydrogens is 206 g/mol. The van der Waals surface area contributed by atoms with E-state index in [0.29, 0.717) is 24.0 Å². The molecule has 0 radical (unpaired) electrons. The lowest BCUT2D eigenvalue weighted by atomic mass is 10.1. The number of carbonyl (C=O) groups excluding carboxylic acids is 2. The van der Waals surface area contributed by atoms with Crippen molar-refractivity contribution >= 4 is 11.8 Å². The van der Waals surface area contributed by atoms with Crippen LogP contribution in [0.15, 0.2) is 23.8 Å². The third-order valence-corrected chi connectivity index (χ3v) is 2.92. The Labute approximate surface area is 95.2 Å². The Morgan fingerprint density at radius 3 is 2.19 bits per heavy atom. The van der Waals surface area contributed by atoms with Gasteiger partial charge >= 0.3 is 0 Å². The molecule has 1 heterocycles. The van der Waals surface area contributed by atoms with Crippen LogP contribution in [0.2, 0.25) is 0 Å². The molecule has 1 rings (SSSR count). The lowest BCUT2D eigenvalue weighted by Gasteiger charge is -2.24. The van der Waals surface area contributed by atoms with Gasteiger partial charge in [-0.05, 0) is 26.7 Å². The number of amides is 2. The van der Waals surface area contributed by atoms with E-state index in [9.17, 15) is 14.7 Å². The second-order valence-electron chi connectivity index (χ2n) is 3.93. The summed E-state index contributed by atoms with van der Waals surface area (Å²) in [6, 6.07) is -0.439. The Morgan fingerprint density at radius 2 is 1.81 bits per heavy atom. The van der Waals surface area contributed by atoms with Gasteiger partial charge in [-0.15, -0.1) is 6.58 Å². The minimum Gasteiger partial charge on any atom is -0.394 e. The van der Waals surface area contributed by atoms with Gasteiger partial charge in [0.15, 0.2) is 0 Å². The van der Waals surface area contributed by atoms with Crippen molar-refractivity contribution in [2.45, 2.75) is 32.7 Å². The Kier molecular flexibility index (Phi) is 4.01. The van der Waals surface area contributed by atoms with E-state index in [0.717, 1.165) is 4.90 Å². The summed E-state index contributed by atoms with van der Waals surface area (Å²) in [6.07, 6.45) is 2.93. The lowest BCUT2D eigenvalue weighted by molar-refractivity contribution is -0.141. The van der Waals surface area contributed by atoms with E-state index in [1.54, 1.807) is 19.9 Å². The van der Waals surface area contributed by atoms with Gasteiger partial charge in [-0.2, -0.15) is 0 Å². The molecule has 1 unspecified atom stereocenters. The van der Waals surface area contributed by atoms with Gasteiger partial charge in [0.25, 0.3) is 11.8 Å². The number of imide groups is 1. The minimum absolute atomic E-state index is 0.202. The number of rotatable bonds is 5. The van der Waals surface area contributed by atoms with Crippen molar-refractivity contribution in [1.82, 2.24) is 4.90 Å². The first kappa shape index (κ1) is 12.6. The van der Waals surface area contributed by atoms with Crippen LogP contribution in [0.1, 0.15) is 26.7 Å². The molecule has 1 aliphatic rings. The van der Waals surface area contributed by atoms with Gasteiger partial charge in [0.2, 0.25) is 0 Å². The van der Waals surface area contributed by atoms with Crippen LogP contribution < -0.4 is 0 Å². The molecule has 0 aromatic rings. The summed E-state index contributed by atoms with van der Waals surface area (Å²) in [5.74, 6) is -0.573. The highest BCUT2D eigenvalue weighted by Crippen LogP contribution is 2.23. The van der Waals surface area contributed by atoms with Gasteiger partial charge in [0.1, 0.15) is 0 Å². The molecule has 1 N–H and O–H groups in total. The number of carbonyl (C=O) groups is 2. The highest BCUT2D eigenvalue weighted by atomic mass is 16.3. The molecule has 0 spiro atoms. The molecule has 4 nitrogen and oxygen atoms in total. The molecule has 88 valence electrons. The van der Waals surface area contributed by atoms with Crippen molar-refractivity contribution in [3.63, 3.8) is 0 Å². The predicted octanol–water partition coefficient (Wildman–Crippen LogP) is 1.02. The van der Waals surface area contributed by atoms with Gasteiger partial charge in [-0.1, -0.05) is 6.08 Å². The predicted molar refractivity (Wildman–Crippen MR) is 60.5 cm³/mol. The molecule has 0 aliphatic carbocycles. The molecule has 0 fully saturated rings. The summed E-state index contributed by atoms with van der Waals surface area (Å²) in [6.45, 7) is 6.65. The fraction of sp³-hybridized carbons (Fsp3) is 0.500. The van der Waals surface area contributed by atoms with E-state index in [4.69, 9.17) is 0 Å². The third-order valence-electron chi connectivity index (χ3n) is 2.92. The maximum absolute atomic E-state index is 11.8. The average molecular weight is 223 g/mol. The summed E-state index contributed by atoms with van der Waals surface area (Å²) >= 11 is 0. The Morgan fingerprint density at radius 1 is 1.31 bits per heavy atom. The molecule has 1 aliphatic heterocycles. The summed E-state index contributed by atoms with van der Waals surface area (Å²) in [7, 11) is 0. The molecule has 0 saturated heterocycles. The molecule has 0 bridgehead atoms. The van der Waals surface area contributed by atoms with Crippen LogP contribution in [0, 0.1) is 0 Å². The normalized spacial score (nSPS) is 18.3. The fourth-order valence-electron chi connectivity index (χ4n) is 1.72. The Bertz CT molecular complexity index is 333. The van der Waals surface area contributed by atoms with Crippen molar-refractivity contribution in [1.29, 1.82) is 0 Å². The van der Waals surface area contributed by atoms with Gasteiger partial charge in [0.05, 0.1) is 12.6 Å². The van der Waals surface area contributed by atoms with Crippen LogP contribution in [-0.2, 0) is 9.59 Å². The quantitative estimate of drug-likeness (QED) is 0.559. The molecule has 1 atom stereocenters. The van der Waals surface area contributed by atoms with E-state index < -0.39 is 6.04 Å². The summed E-state index contributed by atoms with van der Waals surface area (Å²) in [5, 5.41) is 9.22. The van der Waals surface area contributed by atoms with Crippen LogP contribution in [-0.4, -0.2) is 34.5 Å². The highest BCUT2D eigenvalue weighted by Gasteiger charge is 2.37. The molecule has 0 saturated carbocycles. The van der Waals surface area contributed by atoms with Crippen molar-refractivity contribution in [2.24, 2.45) is 0 Å². The first-order chi connectivity index (χ1) is 7.54. The second-order valence-corrected chi connectivity index (χ2v) is 3.93. The van der Waals surface area contributed by atoms with Crippen molar-refractivity contribution in [3.05, 3.63) is 23.8 Å². The number of aliphatic hydroxyl groups is 1. The topological polar surface area (TPSA) is 57.6 Å². The van der Waals surface area contributed by atoms with Gasteiger partial charge in [-0.3, -0.25) is 14.5 Å². The van der Waals surface area contributed by atoms with E-state index in [2.05, 4.69) is 6.58 Å². The van der Waals surface area contributed by atoms with E-state index >= 15 is 0 Å². The van der Waals surface area contributed by atoms with E-state index in [1.165, 1.54) is 0 Å². The largest absolute Gasteiger partial charge is 0.394 e. The first-order valence-corrected chi connectivity index (χ1v) is 5.31. The zero-order valence-corrected chi connectivity index (χ0v) is 9.69. The summed E-state index contributed by atoms with van der Waals surface area (Å²) < 4.78 is 0. The Hall–Kier alpha value is -1.42. The van der Waals surface area contributed by atoms with E-state index in [-0.39, 0.29) is 18.4 Å². The maximum Gasteiger partial charge on any atom is 0.257 e. The summed E-state index contributed by atoms with van der Waals surface area (Å²) in [4.78, 5) is 24.8. The standard InChI is InChI=1S/C12H17NO3/c1-4-5-6-10(7-14)13-11(15)8(2)9(3)12(13)16/h4,10,14H,1,5-7H2,2-3H3. The van der Waals surface area contributed by atoms with Crippen LogP contribution in [0.5, 0.6) is 0 Å². The fourth-order valence-corrected chi connectivity index (χ4v) is 1.72. The molecule has 16 heavy (non-hydrogen) atoms. The minimum atomic E-state index is -0.439. The molecule has 0 aromatic heterocycles. The van der Waals surface area contributed by atoms with Gasteiger partial charge < -0.3 is 5.11 Å².